The molecule has 3 aromatic rings. The number of carbonyl (C=O) groups is 4. The van der Waals surface area contributed by atoms with E-state index >= 15 is 0 Å². The van der Waals surface area contributed by atoms with Gasteiger partial charge in [0.1, 0.15) is 22.9 Å². The molecule has 0 saturated heterocycles. The molecule has 2 aromatic carbocycles. The smallest absolute Gasteiger partial charge is 0.307 e. The third-order valence-electron chi connectivity index (χ3n) is 5.21. The second kappa shape index (κ2) is 14.1. The maximum absolute atomic E-state index is 12.8. The van der Waals surface area contributed by atoms with Gasteiger partial charge in [0.2, 0.25) is 0 Å². The van der Waals surface area contributed by atoms with Crippen molar-refractivity contribution in [3.05, 3.63) is 88.7 Å². The third kappa shape index (κ3) is 8.51. The van der Waals surface area contributed by atoms with Gasteiger partial charge in [-0.2, -0.15) is 0 Å². The topological polar surface area (TPSA) is 170 Å². The molecule has 0 spiro atoms. The van der Waals surface area contributed by atoms with Crippen LogP contribution in [0.4, 0.5) is 0 Å². The maximum atomic E-state index is 12.8. The van der Waals surface area contributed by atoms with E-state index in [1.165, 1.54) is 31.4 Å². The van der Waals surface area contributed by atoms with Crippen LogP contribution in [-0.2, 0) is 19.6 Å². The Bertz CT molecular complexity index is 1480. The van der Waals surface area contributed by atoms with Gasteiger partial charge in [0, 0.05) is 18.3 Å². The molecule has 14 heteroatoms. The lowest BCUT2D eigenvalue weighted by molar-refractivity contribution is -0.140. The number of para-hydroxylation sites is 1. The number of hydrogen-bond acceptors (Lipinski definition) is 9. The largest absolute Gasteiger partial charge is 0.492 e. The number of methoxy groups -OCH3 is 1. The maximum Gasteiger partial charge on any atom is 0.307 e. The number of sulfonamides is 1. The van der Waals surface area contributed by atoms with Crippen LogP contribution in [0.15, 0.2) is 71.8 Å². The minimum atomic E-state index is -4.42. The molecule has 0 radical (unpaired) electrons. The molecule has 210 valence electrons. The molecule has 0 aliphatic carbocycles. The molecule has 0 aliphatic heterocycles. The Kier molecular flexibility index (Phi) is 10.6. The molecule has 12 nitrogen and oxygen atoms in total. The molecule has 1 aromatic heterocycles. The van der Waals surface area contributed by atoms with Crippen molar-refractivity contribution in [3.8, 4) is 5.75 Å². The summed E-state index contributed by atoms with van der Waals surface area (Å²) < 4.78 is 37.4. The van der Waals surface area contributed by atoms with Crippen LogP contribution < -0.4 is 20.1 Å². The zero-order valence-electron chi connectivity index (χ0n) is 21.2. The molecule has 40 heavy (non-hydrogen) atoms. The summed E-state index contributed by atoms with van der Waals surface area (Å²) in [6, 6.07) is 15.0. The average Bonchev–Trinajstić information content (AvgIpc) is 2.95. The molecule has 0 fully saturated rings. The van der Waals surface area contributed by atoms with E-state index < -0.39 is 38.6 Å². The number of hydrogen-bond donors (Lipinski definition) is 3. The number of pyridine rings is 1. The summed E-state index contributed by atoms with van der Waals surface area (Å²) in [4.78, 5) is 51.6. The molecular weight excluding hydrogens is 564 g/mol. The van der Waals surface area contributed by atoms with Gasteiger partial charge in [-0.1, -0.05) is 29.8 Å². The summed E-state index contributed by atoms with van der Waals surface area (Å²) in [5, 5.41) is 4.83. The van der Waals surface area contributed by atoms with Gasteiger partial charge < -0.3 is 20.1 Å². The highest BCUT2D eigenvalue weighted by atomic mass is 35.5. The van der Waals surface area contributed by atoms with E-state index in [0.29, 0.717) is 5.75 Å². The summed E-state index contributed by atoms with van der Waals surface area (Å²) in [7, 11) is -3.19. The Morgan fingerprint density at radius 1 is 0.875 bits per heavy atom. The highest BCUT2D eigenvalue weighted by Gasteiger charge is 2.23. The lowest BCUT2D eigenvalue weighted by atomic mass is 10.2. The lowest BCUT2D eigenvalue weighted by Gasteiger charge is -2.11. The molecular formula is C26H25ClN4O8S. The Balaban J connectivity index is 1.56. The second-order valence-corrected chi connectivity index (χ2v) is 10.1. The Morgan fingerprint density at radius 3 is 2.23 bits per heavy atom. The van der Waals surface area contributed by atoms with Crippen LogP contribution in [-0.4, -0.2) is 63.9 Å². The van der Waals surface area contributed by atoms with Gasteiger partial charge in [-0.15, -0.1) is 0 Å². The second-order valence-electron chi connectivity index (χ2n) is 8.01. The van der Waals surface area contributed by atoms with E-state index in [4.69, 9.17) is 16.3 Å². The van der Waals surface area contributed by atoms with Gasteiger partial charge in [-0.05, 0) is 42.5 Å². The van der Waals surface area contributed by atoms with Gasteiger partial charge >= 0.3 is 5.97 Å². The van der Waals surface area contributed by atoms with Gasteiger partial charge in [0.05, 0.1) is 30.7 Å². The first-order valence-electron chi connectivity index (χ1n) is 11.7. The minimum Gasteiger partial charge on any atom is -0.492 e. The van der Waals surface area contributed by atoms with Crippen LogP contribution in [0.5, 0.6) is 5.75 Å². The fraction of sp³-hybridized carbons (Fsp3) is 0.192. The number of aromatic nitrogens is 1. The van der Waals surface area contributed by atoms with Crippen LogP contribution >= 0.6 is 11.6 Å². The van der Waals surface area contributed by atoms with Crippen LogP contribution in [0.2, 0.25) is 5.02 Å². The fourth-order valence-corrected chi connectivity index (χ4v) is 4.70. The van der Waals surface area contributed by atoms with Crippen molar-refractivity contribution >= 4 is 45.3 Å². The van der Waals surface area contributed by atoms with Crippen LogP contribution in [0.25, 0.3) is 0 Å². The predicted molar refractivity (Wildman–Crippen MR) is 144 cm³/mol. The summed E-state index contributed by atoms with van der Waals surface area (Å²) >= 11 is 6.13. The Labute approximate surface area is 235 Å². The van der Waals surface area contributed by atoms with Crippen molar-refractivity contribution in [3.63, 3.8) is 0 Å². The van der Waals surface area contributed by atoms with Gasteiger partial charge in [-0.25, -0.2) is 13.1 Å². The van der Waals surface area contributed by atoms with Crippen molar-refractivity contribution in [2.45, 2.75) is 11.3 Å². The summed E-state index contributed by atoms with van der Waals surface area (Å²) in [5.41, 5.74) is -0.0769. The third-order valence-corrected chi connectivity index (χ3v) is 7.02. The highest BCUT2D eigenvalue weighted by Crippen LogP contribution is 2.23. The van der Waals surface area contributed by atoms with Crippen molar-refractivity contribution < 1.29 is 37.1 Å². The fourth-order valence-electron chi connectivity index (χ4n) is 3.18. The first-order valence-corrected chi connectivity index (χ1v) is 13.6. The number of esters is 1. The summed E-state index contributed by atoms with van der Waals surface area (Å²) in [6.45, 7) is 0.443. The van der Waals surface area contributed by atoms with Gasteiger partial charge in [-0.3, -0.25) is 24.2 Å². The predicted octanol–water partition coefficient (Wildman–Crippen LogP) is 1.96. The van der Waals surface area contributed by atoms with Crippen molar-refractivity contribution in [2.24, 2.45) is 0 Å². The number of carbonyl (C=O) groups excluding carboxylic acids is 4. The molecule has 0 unspecified atom stereocenters. The number of ether oxygens (including phenoxy) is 2. The first kappa shape index (κ1) is 30.1. The highest BCUT2D eigenvalue weighted by molar-refractivity contribution is 7.90. The molecule has 0 atom stereocenters. The molecule has 1 heterocycles. The number of halogens is 1. The van der Waals surface area contributed by atoms with Crippen LogP contribution in [0, 0.1) is 0 Å². The Morgan fingerprint density at radius 2 is 1.57 bits per heavy atom. The normalized spacial score (nSPS) is 10.8. The van der Waals surface area contributed by atoms with E-state index in [1.54, 1.807) is 12.1 Å². The van der Waals surface area contributed by atoms with Crippen molar-refractivity contribution in [1.82, 2.24) is 20.3 Å². The van der Waals surface area contributed by atoms with Crippen molar-refractivity contribution in [2.75, 3.05) is 26.8 Å². The molecule has 3 N–H and O–H groups in total. The van der Waals surface area contributed by atoms with E-state index in [-0.39, 0.29) is 48.0 Å². The van der Waals surface area contributed by atoms with Gasteiger partial charge in [0.25, 0.3) is 27.7 Å². The molecule has 3 amide bonds. The van der Waals surface area contributed by atoms with Gasteiger partial charge in [0.15, 0.2) is 0 Å². The zero-order chi connectivity index (χ0) is 29.1. The average molecular weight is 589 g/mol. The quantitative estimate of drug-likeness (QED) is 0.211. The molecule has 3 rings (SSSR count). The molecule has 0 saturated carbocycles. The standard InChI is InChI=1S/C26H25ClN4O8S/c1-38-23(32)11-12-28-26(35)21-9-7-18(16-30-21)25(34)31-40(36,37)22-10-8-17(15-20(22)27)24(33)29-13-14-39-19-5-3-2-4-6-19/h2-10,15-16H,11-14H2,1H3,(H,28,35)(H,29,33)(H,31,34). The number of rotatable bonds is 12. The van der Waals surface area contributed by atoms with E-state index in [1.807, 2.05) is 22.9 Å². The van der Waals surface area contributed by atoms with E-state index in [2.05, 4.69) is 20.4 Å². The number of nitrogens with zero attached hydrogens (tertiary/aromatic N) is 1. The van der Waals surface area contributed by atoms with Crippen LogP contribution in [0.1, 0.15) is 37.6 Å². The van der Waals surface area contributed by atoms with E-state index in [9.17, 15) is 27.6 Å². The number of amides is 3. The minimum absolute atomic E-state index is 0.0253. The van der Waals surface area contributed by atoms with Crippen LogP contribution in [0.3, 0.4) is 0 Å². The summed E-state index contributed by atoms with van der Waals surface area (Å²) in [6.07, 6.45) is 0.995. The zero-order valence-corrected chi connectivity index (χ0v) is 22.8. The number of benzene rings is 2. The summed E-state index contributed by atoms with van der Waals surface area (Å²) in [5.74, 6) is -1.94. The van der Waals surface area contributed by atoms with Crippen molar-refractivity contribution in [1.29, 1.82) is 0 Å². The SMILES string of the molecule is COC(=O)CCNC(=O)c1ccc(C(=O)NS(=O)(=O)c2ccc(C(=O)NCCOc3ccccc3)cc2Cl)cn1. The Hall–Kier alpha value is -4.49. The first-order chi connectivity index (χ1) is 19.1. The molecule has 0 aliphatic rings. The molecule has 0 bridgehead atoms. The van der Waals surface area contributed by atoms with E-state index in [0.717, 1.165) is 12.3 Å². The lowest BCUT2D eigenvalue weighted by Crippen LogP contribution is -2.31. The number of nitrogens with one attached hydrogen (secondary N) is 3. The monoisotopic (exact) mass is 588 g/mol.